The van der Waals surface area contributed by atoms with Gasteiger partial charge in [-0.05, 0) is 48.9 Å². The number of hydrogen-bond acceptors (Lipinski definition) is 17. The molecule has 1 fully saturated rings. The van der Waals surface area contributed by atoms with E-state index in [1.807, 2.05) is 0 Å². The lowest BCUT2D eigenvalue weighted by Gasteiger charge is -2.27. The molecule has 7 rings (SSSR count). The van der Waals surface area contributed by atoms with Gasteiger partial charge in [0.05, 0.1) is 81.6 Å². The molecular formula is C45H46F3N11O12. The Labute approximate surface area is 400 Å². The Morgan fingerprint density at radius 2 is 1.54 bits per heavy atom. The van der Waals surface area contributed by atoms with Gasteiger partial charge in [0.25, 0.3) is 29.5 Å². The minimum atomic E-state index is -4.47. The third-order valence-corrected chi connectivity index (χ3v) is 10.5. The van der Waals surface area contributed by atoms with Crippen LogP contribution in [0.4, 0.5) is 30.4 Å². The van der Waals surface area contributed by atoms with E-state index in [4.69, 9.17) is 29.1 Å². The summed E-state index contributed by atoms with van der Waals surface area (Å²) in [6.45, 7) is 1.42. The number of rotatable bonds is 25. The van der Waals surface area contributed by atoms with Gasteiger partial charge < -0.3 is 50.4 Å². The number of alkyl halides is 3. The molecule has 7 N–H and O–H groups in total. The summed E-state index contributed by atoms with van der Waals surface area (Å²) in [6, 6.07) is 12.7. The molecule has 1 atom stereocenters. The van der Waals surface area contributed by atoms with Crippen LogP contribution in [0.2, 0.25) is 0 Å². The first-order valence-corrected chi connectivity index (χ1v) is 21.9. The zero-order valence-electron chi connectivity index (χ0n) is 37.5. The smallest absolute Gasteiger partial charge is 0.405 e. The number of amides is 7. The fraction of sp³-hybridized carbons (Fsp3) is 0.333. The van der Waals surface area contributed by atoms with Crippen LogP contribution in [0.1, 0.15) is 64.9 Å². The topological polar surface area (TPSA) is 303 Å². The first-order chi connectivity index (χ1) is 34.2. The highest BCUT2D eigenvalue weighted by Crippen LogP contribution is 2.32. The molecule has 0 saturated carbocycles. The van der Waals surface area contributed by atoms with Crippen LogP contribution in [-0.2, 0) is 28.5 Å². The molecule has 1 unspecified atom stereocenters. The molecule has 5 aromatic rings. The lowest BCUT2D eigenvalue weighted by Crippen LogP contribution is -2.54. The van der Waals surface area contributed by atoms with Crippen molar-refractivity contribution < 1.29 is 70.1 Å². The zero-order chi connectivity index (χ0) is 50.5. The monoisotopic (exact) mass is 989 g/mol. The summed E-state index contributed by atoms with van der Waals surface area (Å²) in [7, 11) is 0. The number of piperidine rings is 1. The Balaban J connectivity index is 0.747. The number of fused-ring (bicyclic) bond motifs is 1. The summed E-state index contributed by atoms with van der Waals surface area (Å²) in [5.41, 5.74) is 6.55. The van der Waals surface area contributed by atoms with Crippen LogP contribution < -0.4 is 32.3 Å². The molecular weight excluding hydrogens is 944 g/mol. The molecule has 71 heavy (non-hydrogen) atoms. The second kappa shape index (κ2) is 23.5. The maximum absolute atomic E-state index is 13.2. The van der Waals surface area contributed by atoms with Crippen molar-refractivity contribution in [1.82, 2.24) is 35.3 Å². The molecule has 2 aliphatic rings. The predicted octanol–water partition coefficient (Wildman–Crippen LogP) is 2.56. The average Bonchev–Trinajstić information content (AvgIpc) is 4.08. The molecule has 2 aliphatic heterocycles. The third-order valence-electron chi connectivity index (χ3n) is 10.5. The fourth-order valence-electron chi connectivity index (χ4n) is 7.14. The number of carbonyl (C=O) groups excluding carboxylic acids is 7. The van der Waals surface area contributed by atoms with E-state index in [0.717, 1.165) is 11.2 Å². The number of ether oxygens (including phenoxy) is 4. The average molecular weight is 990 g/mol. The summed E-state index contributed by atoms with van der Waals surface area (Å²) >= 11 is 0. The predicted molar refractivity (Wildman–Crippen MR) is 242 cm³/mol. The summed E-state index contributed by atoms with van der Waals surface area (Å²) in [4.78, 5) is 97.3. The number of carbonyl (C=O) groups is 7. The van der Waals surface area contributed by atoms with Gasteiger partial charge >= 0.3 is 6.18 Å². The van der Waals surface area contributed by atoms with Crippen LogP contribution in [0.3, 0.4) is 0 Å². The van der Waals surface area contributed by atoms with E-state index >= 15 is 0 Å². The van der Waals surface area contributed by atoms with E-state index in [9.17, 15) is 46.7 Å². The van der Waals surface area contributed by atoms with Gasteiger partial charge in [0, 0.05) is 42.5 Å². The molecule has 26 heteroatoms. The molecule has 0 radical (unpaired) electrons. The quantitative estimate of drug-likeness (QED) is 0.0362. The largest absolute Gasteiger partial charge is 0.444 e. The molecule has 7 amide bonds. The highest BCUT2D eigenvalue weighted by atomic mass is 19.4. The van der Waals surface area contributed by atoms with Crippen LogP contribution in [0.5, 0.6) is 0 Å². The van der Waals surface area contributed by atoms with Crippen LogP contribution >= 0.6 is 0 Å². The number of imide groups is 2. The molecule has 2 aromatic carbocycles. The zero-order valence-corrected chi connectivity index (χ0v) is 37.5. The van der Waals surface area contributed by atoms with Crippen molar-refractivity contribution in [3.63, 3.8) is 0 Å². The van der Waals surface area contributed by atoms with Crippen molar-refractivity contribution in [3.8, 4) is 17.1 Å². The van der Waals surface area contributed by atoms with E-state index in [2.05, 4.69) is 41.7 Å². The second-order valence-electron chi connectivity index (χ2n) is 15.4. The standard InChI is InChI=1S/C45H46F3N11O12/c46-45(47,48)25-53-34-22-27(9-10-51-34)42-55-32(24-71-42)40(63)54-31-23-58(57-37(31)38(49)61)28-4-1-3-26(21-28)39(62)52-12-14-68-16-18-70-20-19-69-17-15-67-13-11-50-30-6-2-5-29-36(30)44(66)59(43(29)65)33-7-8-35(60)56-41(33)64/h1-6,9-10,21-24,33,50H,7-8,11-20,25H2,(H2,49,61)(H,51,53)(H,52,62)(H,54,63)(H,56,60,64). The van der Waals surface area contributed by atoms with E-state index < -0.39 is 60.1 Å². The number of hydrogen-bond donors (Lipinski definition) is 6. The number of nitrogens with zero attached hydrogens (tertiary/aromatic N) is 5. The van der Waals surface area contributed by atoms with Gasteiger partial charge in [-0.1, -0.05) is 12.1 Å². The van der Waals surface area contributed by atoms with Crippen molar-refractivity contribution >= 4 is 58.5 Å². The number of benzene rings is 2. The van der Waals surface area contributed by atoms with E-state index in [1.165, 1.54) is 41.3 Å². The number of nitrogens with two attached hydrogens (primary N) is 1. The third kappa shape index (κ3) is 13.4. The highest BCUT2D eigenvalue weighted by Gasteiger charge is 2.45. The number of nitrogens with one attached hydrogen (secondary N) is 5. The minimum Gasteiger partial charge on any atom is -0.444 e. The number of pyridine rings is 1. The Morgan fingerprint density at radius 3 is 2.24 bits per heavy atom. The lowest BCUT2D eigenvalue weighted by molar-refractivity contribution is -0.136. The first kappa shape index (κ1) is 50.8. The summed E-state index contributed by atoms with van der Waals surface area (Å²) in [6.07, 6.45) is -0.797. The molecule has 0 bridgehead atoms. The Hall–Kier alpha value is -8.07. The molecule has 374 valence electrons. The van der Waals surface area contributed by atoms with Crippen molar-refractivity contribution in [3.05, 3.63) is 101 Å². The Morgan fingerprint density at radius 1 is 0.831 bits per heavy atom. The number of halogens is 3. The maximum atomic E-state index is 13.2. The number of anilines is 3. The SMILES string of the molecule is NC(=O)c1nn(-c2cccc(C(=O)NCCOCCOCCOCCOCCNc3cccc4c3C(=O)N(C3CCC(=O)NC3=O)C4=O)c2)cc1NC(=O)c1coc(-c2ccnc(NCC(F)(F)F)c2)n1. The minimum absolute atomic E-state index is 0.0319. The molecule has 3 aromatic heterocycles. The lowest BCUT2D eigenvalue weighted by atomic mass is 10.0. The van der Waals surface area contributed by atoms with Crippen molar-refractivity contribution in [2.75, 3.05) is 88.4 Å². The van der Waals surface area contributed by atoms with Gasteiger partial charge in [-0.15, -0.1) is 0 Å². The first-order valence-electron chi connectivity index (χ1n) is 21.9. The van der Waals surface area contributed by atoms with Crippen LogP contribution in [0.25, 0.3) is 17.1 Å². The summed E-state index contributed by atoms with van der Waals surface area (Å²) in [5, 5.41) is 16.9. The van der Waals surface area contributed by atoms with Gasteiger partial charge in [0.1, 0.15) is 24.7 Å². The summed E-state index contributed by atoms with van der Waals surface area (Å²) < 4.78 is 66.7. The molecule has 23 nitrogen and oxygen atoms in total. The highest BCUT2D eigenvalue weighted by molar-refractivity contribution is 6.25. The second-order valence-corrected chi connectivity index (χ2v) is 15.4. The number of aromatic nitrogens is 4. The molecule has 1 saturated heterocycles. The van der Waals surface area contributed by atoms with Crippen LogP contribution in [0.15, 0.2) is 77.7 Å². The van der Waals surface area contributed by atoms with Crippen molar-refractivity contribution in [2.45, 2.75) is 25.1 Å². The fourth-order valence-corrected chi connectivity index (χ4v) is 7.14. The van der Waals surface area contributed by atoms with Crippen molar-refractivity contribution in [2.24, 2.45) is 5.73 Å². The van der Waals surface area contributed by atoms with Gasteiger partial charge in [0.15, 0.2) is 11.4 Å². The maximum Gasteiger partial charge on any atom is 0.405 e. The van der Waals surface area contributed by atoms with Crippen LogP contribution in [-0.4, -0.2) is 151 Å². The Bertz CT molecular complexity index is 2780. The summed E-state index contributed by atoms with van der Waals surface area (Å²) in [5.74, 6) is -4.69. The normalized spacial score (nSPS) is 14.6. The van der Waals surface area contributed by atoms with Crippen molar-refractivity contribution in [1.29, 1.82) is 0 Å². The molecule has 0 spiro atoms. The van der Waals surface area contributed by atoms with E-state index in [1.54, 1.807) is 30.3 Å². The Kier molecular flexibility index (Phi) is 16.8. The van der Waals surface area contributed by atoms with Gasteiger partial charge in [-0.25, -0.2) is 14.6 Å². The van der Waals surface area contributed by atoms with Gasteiger partial charge in [0.2, 0.25) is 17.7 Å². The van der Waals surface area contributed by atoms with E-state index in [0.29, 0.717) is 44.3 Å². The number of oxazole rings is 1. The van der Waals surface area contributed by atoms with Crippen LogP contribution in [0, 0.1) is 0 Å². The van der Waals surface area contributed by atoms with Gasteiger partial charge in [-0.3, -0.25) is 43.8 Å². The van der Waals surface area contributed by atoms with Gasteiger partial charge in [-0.2, -0.15) is 18.3 Å². The van der Waals surface area contributed by atoms with E-state index in [-0.39, 0.29) is 96.9 Å². The molecule has 5 heterocycles. The molecule has 0 aliphatic carbocycles. The number of primary amides is 1.